The Morgan fingerprint density at radius 1 is 1.41 bits per heavy atom. The van der Waals surface area contributed by atoms with Gasteiger partial charge < -0.3 is 13.8 Å². The van der Waals surface area contributed by atoms with E-state index in [0.29, 0.717) is 24.0 Å². The van der Waals surface area contributed by atoms with Crippen LogP contribution in [0, 0.1) is 5.92 Å². The van der Waals surface area contributed by atoms with Crippen LogP contribution in [0.1, 0.15) is 18.7 Å². The van der Waals surface area contributed by atoms with Crippen LogP contribution >= 0.6 is 0 Å². The van der Waals surface area contributed by atoms with Gasteiger partial charge >= 0.3 is 0 Å². The van der Waals surface area contributed by atoms with Crippen molar-refractivity contribution in [3.05, 3.63) is 24.3 Å². The van der Waals surface area contributed by atoms with Gasteiger partial charge in [-0.3, -0.25) is 9.69 Å². The van der Waals surface area contributed by atoms with Gasteiger partial charge in [0.2, 0.25) is 17.6 Å². The maximum atomic E-state index is 12.0. The highest BCUT2D eigenvalue weighted by Crippen LogP contribution is 2.21. The van der Waals surface area contributed by atoms with E-state index in [2.05, 4.69) is 15.0 Å². The van der Waals surface area contributed by atoms with Crippen LogP contribution in [0.15, 0.2) is 27.3 Å². The number of hydrogen-bond donors (Lipinski definition) is 0. The highest BCUT2D eigenvalue weighted by molar-refractivity contribution is 5.78. The number of piperidine rings is 1. The molecule has 0 radical (unpaired) electrons. The quantitative estimate of drug-likeness (QED) is 0.854. The molecule has 7 nitrogen and oxygen atoms in total. The molecule has 1 fully saturated rings. The number of likely N-dealkylation sites (tertiary alicyclic amines) is 1. The van der Waals surface area contributed by atoms with Gasteiger partial charge in [0.05, 0.1) is 12.8 Å². The van der Waals surface area contributed by atoms with Gasteiger partial charge in [0.15, 0.2) is 5.76 Å². The van der Waals surface area contributed by atoms with Crippen LogP contribution < -0.4 is 0 Å². The van der Waals surface area contributed by atoms with E-state index in [-0.39, 0.29) is 11.8 Å². The molecule has 2 aromatic rings. The zero-order valence-corrected chi connectivity index (χ0v) is 12.9. The van der Waals surface area contributed by atoms with Crippen molar-refractivity contribution in [3.63, 3.8) is 0 Å². The maximum Gasteiger partial charge on any atom is 0.241 e. The molecule has 1 aliphatic heterocycles. The average Bonchev–Trinajstić information content (AvgIpc) is 3.18. The Bertz CT molecular complexity index is 613. The lowest BCUT2D eigenvalue weighted by Gasteiger charge is -2.31. The Morgan fingerprint density at radius 3 is 2.82 bits per heavy atom. The molecule has 0 aliphatic carbocycles. The van der Waals surface area contributed by atoms with Gasteiger partial charge in [-0.2, -0.15) is 4.98 Å². The minimum Gasteiger partial charge on any atom is -0.461 e. The third-order valence-electron chi connectivity index (χ3n) is 3.95. The zero-order valence-electron chi connectivity index (χ0n) is 12.9. The van der Waals surface area contributed by atoms with Crippen LogP contribution in [0.5, 0.6) is 0 Å². The zero-order chi connectivity index (χ0) is 15.5. The molecular weight excluding hydrogens is 284 g/mol. The number of hydrogen-bond acceptors (Lipinski definition) is 6. The van der Waals surface area contributed by atoms with Crippen molar-refractivity contribution in [1.82, 2.24) is 19.9 Å². The van der Waals surface area contributed by atoms with E-state index in [1.54, 1.807) is 23.3 Å². The lowest BCUT2D eigenvalue weighted by atomic mass is 9.95. The second kappa shape index (κ2) is 6.31. The van der Waals surface area contributed by atoms with Crippen LogP contribution in [0.3, 0.4) is 0 Å². The number of rotatable bonds is 4. The normalized spacial score (nSPS) is 16.8. The Labute approximate surface area is 128 Å². The fourth-order valence-corrected chi connectivity index (χ4v) is 2.72. The average molecular weight is 304 g/mol. The number of nitrogens with zero attached hydrogens (tertiary/aromatic N) is 4. The molecule has 0 spiro atoms. The summed E-state index contributed by atoms with van der Waals surface area (Å²) in [5.41, 5.74) is 0. The van der Waals surface area contributed by atoms with Crippen molar-refractivity contribution < 1.29 is 13.7 Å². The minimum absolute atomic E-state index is 0.132. The van der Waals surface area contributed by atoms with E-state index in [1.807, 2.05) is 14.1 Å². The van der Waals surface area contributed by atoms with Crippen LogP contribution in [-0.2, 0) is 11.3 Å². The Kier molecular flexibility index (Phi) is 4.24. The molecule has 7 heteroatoms. The molecule has 1 saturated heterocycles. The fraction of sp³-hybridized carbons (Fsp3) is 0.533. The van der Waals surface area contributed by atoms with E-state index in [1.165, 1.54) is 0 Å². The number of carbonyl (C=O) groups is 1. The van der Waals surface area contributed by atoms with Gasteiger partial charge in [-0.25, -0.2) is 0 Å². The molecule has 22 heavy (non-hydrogen) atoms. The smallest absolute Gasteiger partial charge is 0.241 e. The molecular formula is C15H20N4O3. The highest BCUT2D eigenvalue weighted by atomic mass is 16.5. The summed E-state index contributed by atoms with van der Waals surface area (Å²) < 4.78 is 10.5. The van der Waals surface area contributed by atoms with Crippen molar-refractivity contribution in [2.75, 3.05) is 27.2 Å². The molecule has 0 bridgehead atoms. The number of aromatic nitrogens is 2. The van der Waals surface area contributed by atoms with Crippen LogP contribution in [-0.4, -0.2) is 53.0 Å². The molecule has 0 N–H and O–H groups in total. The van der Waals surface area contributed by atoms with E-state index in [4.69, 9.17) is 8.94 Å². The number of carbonyl (C=O) groups excluding carboxylic acids is 1. The molecule has 0 unspecified atom stereocenters. The first-order valence-electron chi connectivity index (χ1n) is 7.43. The largest absolute Gasteiger partial charge is 0.461 e. The molecule has 3 rings (SSSR count). The van der Waals surface area contributed by atoms with Crippen molar-refractivity contribution >= 4 is 5.91 Å². The van der Waals surface area contributed by atoms with Crippen molar-refractivity contribution in [1.29, 1.82) is 0 Å². The van der Waals surface area contributed by atoms with Crippen LogP contribution in [0.25, 0.3) is 11.6 Å². The third kappa shape index (κ3) is 3.19. The predicted molar refractivity (Wildman–Crippen MR) is 78.7 cm³/mol. The summed E-state index contributed by atoms with van der Waals surface area (Å²) in [6.07, 6.45) is 3.32. The summed E-state index contributed by atoms with van der Waals surface area (Å²) >= 11 is 0. The van der Waals surface area contributed by atoms with Gasteiger partial charge in [-0.05, 0) is 38.1 Å². The summed E-state index contributed by atoms with van der Waals surface area (Å²) in [5, 5.41) is 3.92. The summed E-state index contributed by atoms with van der Waals surface area (Å²) in [5.74, 6) is 2.00. The second-order valence-electron chi connectivity index (χ2n) is 5.77. The topological polar surface area (TPSA) is 75.6 Å². The van der Waals surface area contributed by atoms with Crippen molar-refractivity contribution in [2.24, 2.45) is 5.92 Å². The first-order valence-corrected chi connectivity index (χ1v) is 7.43. The van der Waals surface area contributed by atoms with Gasteiger partial charge in [0.1, 0.15) is 0 Å². The Hall–Kier alpha value is -2.15. The maximum absolute atomic E-state index is 12.0. The third-order valence-corrected chi connectivity index (χ3v) is 3.95. The monoisotopic (exact) mass is 304 g/mol. The van der Waals surface area contributed by atoms with Crippen molar-refractivity contribution in [2.45, 2.75) is 19.4 Å². The molecule has 1 amide bonds. The summed E-state index contributed by atoms with van der Waals surface area (Å²) in [7, 11) is 3.62. The molecule has 0 saturated carbocycles. The lowest BCUT2D eigenvalue weighted by molar-refractivity contribution is -0.134. The molecule has 0 atom stereocenters. The Balaban J connectivity index is 1.54. The standard InChI is InChI=1S/C15H20N4O3/c1-18(2)15(20)11-5-7-19(8-6-11)10-13-16-14(17-22-13)12-4-3-9-21-12/h3-4,9,11H,5-8,10H2,1-2H3. The molecule has 3 heterocycles. The van der Waals surface area contributed by atoms with Gasteiger partial charge in [0, 0.05) is 20.0 Å². The molecule has 118 valence electrons. The first-order chi connectivity index (χ1) is 10.6. The summed E-state index contributed by atoms with van der Waals surface area (Å²) in [6, 6.07) is 3.59. The molecule has 2 aromatic heterocycles. The summed E-state index contributed by atoms with van der Waals surface area (Å²) in [4.78, 5) is 20.2. The van der Waals surface area contributed by atoms with Crippen molar-refractivity contribution in [3.8, 4) is 11.6 Å². The number of amides is 1. The van der Waals surface area contributed by atoms with E-state index in [0.717, 1.165) is 25.9 Å². The second-order valence-corrected chi connectivity index (χ2v) is 5.77. The van der Waals surface area contributed by atoms with E-state index >= 15 is 0 Å². The molecule has 0 aromatic carbocycles. The van der Waals surface area contributed by atoms with Gasteiger partial charge in [0.25, 0.3) is 0 Å². The lowest BCUT2D eigenvalue weighted by Crippen LogP contribution is -2.39. The first kappa shape index (κ1) is 14.8. The number of furan rings is 1. The molecule has 1 aliphatic rings. The van der Waals surface area contributed by atoms with Gasteiger partial charge in [-0.1, -0.05) is 5.16 Å². The predicted octanol–water partition coefficient (Wildman–Crippen LogP) is 1.63. The van der Waals surface area contributed by atoms with Crippen LogP contribution in [0.2, 0.25) is 0 Å². The summed E-state index contributed by atoms with van der Waals surface area (Å²) in [6.45, 7) is 2.34. The highest BCUT2D eigenvalue weighted by Gasteiger charge is 2.26. The van der Waals surface area contributed by atoms with Crippen LogP contribution in [0.4, 0.5) is 0 Å². The van der Waals surface area contributed by atoms with Gasteiger partial charge in [-0.15, -0.1) is 0 Å². The SMILES string of the molecule is CN(C)C(=O)C1CCN(Cc2nc(-c3ccco3)no2)CC1. The van der Waals surface area contributed by atoms with E-state index < -0.39 is 0 Å². The Morgan fingerprint density at radius 2 is 2.18 bits per heavy atom. The minimum atomic E-state index is 0.132. The fourth-order valence-electron chi connectivity index (χ4n) is 2.72. The van der Waals surface area contributed by atoms with E-state index in [9.17, 15) is 4.79 Å².